The maximum atomic E-state index is 13.1. The van der Waals surface area contributed by atoms with Gasteiger partial charge in [-0.2, -0.15) is 0 Å². The first kappa shape index (κ1) is 17.6. The SMILES string of the molecule is O=C(Nc1cc(Cl)cc(Cl)c1)C1CC1C(=O)Nc1ccc(F)c(F)c1. The van der Waals surface area contributed by atoms with E-state index in [-0.39, 0.29) is 11.6 Å². The summed E-state index contributed by atoms with van der Waals surface area (Å²) < 4.78 is 26.0. The van der Waals surface area contributed by atoms with E-state index in [0.717, 1.165) is 12.1 Å². The van der Waals surface area contributed by atoms with Crippen LogP contribution in [0.1, 0.15) is 6.42 Å². The number of anilines is 2. The van der Waals surface area contributed by atoms with Crippen LogP contribution in [0.15, 0.2) is 36.4 Å². The molecular weight excluding hydrogens is 373 g/mol. The van der Waals surface area contributed by atoms with Crippen LogP contribution < -0.4 is 10.6 Å². The van der Waals surface area contributed by atoms with Crippen LogP contribution in [0, 0.1) is 23.5 Å². The lowest BCUT2D eigenvalue weighted by atomic mass is 10.2. The molecule has 2 amide bonds. The number of amides is 2. The highest BCUT2D eigenvalue weighted by atomic mass is 35.5. The third kappa shape index (κ3) is 4.27. The van der Waals surface area contributed by atoms with Crippen LogP contribution in [-0.2, 0) is 9.59 Å². The minimum atomic E-state index is -1.05. The molecule has 0 saturated heterocycles. The molecule has 8 heteroatoms. The minimum Gasteiger partial charge on any atom is -0.326 e. The number of hydrogen-bond donors (Lipinski definition) is 2. The van der Waals surface area contributed by atoms with Gasteiger partial charge in [-0.05, 0) is 36.8 Å². The van der Waals surface area contributed by atoms with Gasteiger partial charge in [-0.1, -0.05) is 23.2 Å². The van der Waals surface area contributed by atoms with E-state index in [0.29, 0.717) is 22.2 Å². The molecule has 25 heavy (non-hydrogen) atoms. The third-order valence-electron chi connectivity index (χ3n) is 3.78. The van der Waals surface area contributed by atoms with Gasteiger partial charge in [0, 0.05) is 27.5 Å². The molecule has 1 aliphatic rings. The molecule has 0 heterocycles. The van der Waals surface area contributed by atoms with Crippen molar-refractivity contribution in [3.8, 4) is 0 Å². The monoisotopic (exact) mass is 384 g/mol. The van der Waals surface area contributed by atoms with Gasteiger partial charge in [-0.15, -0.1) is 0 Å². The fourth-order valence-electron chi connectivity index (χ4n) is 2.44. The molecule has 0 radical (unpaired) electrons. The number of nitrogens with one attached hydrogen (secondary N) is 2. The fraction of sp³-hybridized carbons (Fsp3) is 0.176. The molecule has 0 spiro atoms. The van der Waals surface area contributed by atoms with Crippen molar-refractivity contribution in [3.05, 3.63) is 58.1 Å². The Morgan fingerprint density at radius 1 is 0.840 bits per heavy atom. The van der Waals surface area contributed by atoms with Crippen LogP contribution in [0.2, 0.25) is 10.0 Å². The van der Waals surface area contributed by atoms with E-state index in [2.05, 4.69) is 10.6 Å². The van der Waals surface area contributed by atoms with Crippen LogP contribution in [0.4, 0.5) is 20.2 Å². The van der Waals surface area contributed by atoms with Gasteiger partial charge in [0.2, 0.25) is 11.8 Å². The van der Waals surface area contributed by atoms with Gasteiger partial charge in [0.1, 0.15) is 0 Å². The fourth-order valence-corrected chi connectivity index (χ4v) is 2.97. The summed E-state index contributed by atoms with van der Waals surface area (Å²) in [6.07, 6.45) is 0.371. The Balaban J connectivity index is 1.58. The zero-order valence-electron chi connectivity index (χ0n) is 12.7. The topological polar surface area (TPSA) is 58.2 Å². The average Bonchev–Trinajstić information content (AvgIpc) is 3.30. The van der Waals surface area contributed by atoms with Crippen molar-refractivity contribution in [3.63, 3.8) is 0 Å². The normalized spacial score (nSPS) is 18.6. The standard InChI is InChI=1S/C17H12Cl2F2N2O2/c18-8-3-9(19)5-11(4-8)23-17(25)13-7-12(13)16(24)22-10-1-2-14(20)15(21)6-10/h1-6,12-13H,7H2,(H,22,24)(H,23,25). The highest BCUT2D eigenvalue weighted by Gasteiger charge is 2.48. The Morgan fingerprint density at radius 2 is 1.40 bits per heavy atom. The van der Waals surface area contributed by atoms with Gasteiger partial charge in [-0.3, -0.25) is 9.59 Å². The first-order valence-corrected chi connectivity index (χ1v) is 8.12. The van der Waals surface area contributed by atoms with Crippen LogP contribution in [-0.4, -0.2) is 11.8 Å². The van der Waals surface area contributed by atoms with E-state index in [9.17, 15) is 18.4 Å². The van der Waals surface area contributed by atoms with Gasteiger partial charge in [-0.25, -0.2) is 8.78 Å². The van der Waals surface area contributed by atoms with E-state index in [1.54, 1.807) is 12.1 Å². The van der Waals surface area contributed by atoms with Crippen molar-refractivity contribution in [2.24, 2.45) is 11.8 Å². The second-order valence-electron chi connectivity index (χ2n) is 5.71. The first-order chi connectivity index (χ1) is 11.8. The van der Waals surface area contributed by atoms with Gasteiger partial charge in [0.15, 0.2) is 11.6 Å². The highest BCUT2D eigenvalue weighted by Crippen LogP contribution is 2.40. The molecule has 1 fully saturated rings. The zero-order valence-corrected chi connectivity index (χ0v) is 14.2. The van der Waals surface area contributed by atoms with Crippen LogP contribution in [0.25, 0.3) is 0 Å². The summed E-state index contributed by atoms with van der Waals surface area (Å²) in [5.41, 5.74) is 0.575. The molecule has 1 aliphatic carbocycles. The summed E-state index contributed by atoms with van der Waals surface area (Å²) in [5, 5.41) is 5.89. The van der Waals surface area contributed by atoms with Gasteiger partial charge >= 0.3 is 0 Å². The molecule has 1 saturated carbocycles. The summed E-state index contributed by atoms with van der Waals surface area (Å²) in [6.45, 7) is 0. The van der Waals surface area contributed by atoms with Crippen LogP contribution in [0.5, 0.6) is 0 Å². The predicted molar refractivity (Wildman–Crippen MR) is 91.7 cm³/mol. The molecule has 0 bridgehead atoms. The smallest absolute Gasteiger partial charge is 0.228 e. The van der Waals surface area contributed by atoms with Crippen molar-refractivity contribution in [2.75, 3.05) is 10.6 Å². The van der Waals surface area contributed by atoms with E-state index in [1.165, 1.54) is 12.1 Å². The van der Waals surface area contributed by atoms with Crippen molar-refractivity contribution in [1.82, 2.24) is 0 Å². The molecule has 0 aromatic heterocycles. The summed E-state index contributed by atoms with van der Waals surface area (Å²) in [4.78, 5) is 24.3. The van der Waals surface area contributed by atoms with E-state index in [1.807, 2.05) is 0 Å². The quantitative estimate of drug-likeness (QED) is 0.815. The molecule has 3 rings (SSSR count). The Kier molecular flexibility index (Phi) is 4.92. The zero-order chi connectivity index (χ0) is 18.1. The van der Waals surface area contributed by atoms with Gasteiger partial charge < -0.3 is 10.6 Å². The molecule has 2 aromatic rings. The molecule has 130 valence electrons. The number of benzene rings is 2. The maximum Gasteiger partial charge on any atom is 0.228 e. The van der Waals surface area contributed by atoms with Gasteiger partial charge in [0.05, 0.1) is 11.8 Å². The average molecular weight is 385 g/mol. The Morgan fingerprint density at radius 3 is 1.96 bits per heavy atom. The maximum absolute atomic E-state index is 13.1. The second kappa shape index (κ2) is 6.98. The molecule has 2 unspecified atom stereocenters. The number of carbonyl (C=O) groups is 2. The van der Waals surface area contributed by atoms with E-state index >= 15 is 0 Å². The third-order valence-corrected chi connectivity index (χ3v) is 4.22. The molecule has 2 aromatic carbocycles. The van der Waals surface area contributed by atoms with Crippen molar-refractivity contribution in [1.29, 1.82) is 0 Å². The highest BCUT2D eigenvalue weighted by molar-refractivity contribution is 6.35. The van der Waals surface area contributed by atoms with Crippen LogP contribution in [0.3, 0.4) is 0 Å². The Labute approximate surface area is 152 Å². The molecule has 2 atom stereocenters. The molecular formula is C17H12Cl2F2N2O2. The Hall–Kier alpha value is -2.18. The van der Waals surface area contributed by atoms with Crippen LogP contribution >= 0.6 is 23.2 Å². The number of rotatable bonds is 4. The first-order valence-electron chi connectivity index (χ1n) is 7.36. The largest absolute Gasteiger partial charge is 0.326 e. The Bertz CT molecular complexity index is 840. The van der Waals surface area contributed by atoms with E-state index in [4.69, 9.17) is 23.2 Å². The lowest BCUT2D eigenvalue weighted by molar-refractivity contribution is -0.122. The van der Waals surface area contributed by atoms with Gasteiger partial charge in [0.25, 0.3) is 0 Å². The van der Waals surface area contributed by atoms with E-state index < -0.39 is 29.4 Å². The minimum absolute atomic E-state index is 0.136. The van der Waals surface area contributed by atoms with Crippen molar-refractivity contribution in [2.45, 2.75) is 6.42 Å². The number of hydrogen-bond acceptors (Lipinski definition) is 2. The predicted octanol–water partition coefficient (Wildman–Crippen LogP) is 4.48. The molecule has 2 N–H and O–H groups in total. The second-order valence-corrected chi connectivity index (χ2v) is 6.59. The number of halogens is 4. The summed E-state index contributed by atoms with van der Waals surface area (Å²) in [7, 11) is 0. The summed E-state index contributed by atoms with van der Waals surface area (Å²) in [6, 6.07) is 7.69. The summed E-state index contributed by atoms with van der Waals surface area (Å²) >= 11 is 11.7. The molecule has 4 nitrogen and oxygen atoms in total. The van der Waals surface area contributed by atoms with Crippen molar-refractivity contribution < 1.29 is 18.4 Å². The lowest BCUT2D eigenvalue weighted by Gasteiger charge is -2.07. The van der Waals surface area contributed by atoms with Crippen molar-refractivity contribution >= 4 is 46.4 Å². The molecule has 0 aliphatic heterocycles. The summed E-state index contributed by atoms with van der Waals surface area (Å²) in [5.74, 6) is -3.83. The lowest BCUT2D eigenvalue weighted by Crippen LogP contribution is -2.20. The number of carbonyl (C=O) groups excluding carboxylic acids is 2.